The summed E-state index contributed by atoms with van der Waals surface area (Å²) in [5, 5.41) is 3.64. The van der Waals surface area contributed by atoms with Crippen molar-refractivity contribution >= 4 is 29.2 Å². The van der Waals surface area contributed by atoms with E-state index in [0.29, 0.717) is 16.3 Å². The summed E-state index contributed by atoms with van der Waals surface area (Å²) in [5.41, 5.74) is 4.91. The van der Waals surface area contributed by atoms with Gasteiger partial charge in [0.05, 0.1) is 0 Å². The fourth-order valence-corrected chi connectivity index (χ4v) is 1.99. The van der Waals surface area contributed by atoms with Crippen molar-refractivity contribution in [2.75, 3.05) is 5.32 Å². The van der Waals surface area contributed by atoms with Gasteiger partial charge in [-0.15, -0.1) is 0 Å². The first-order valence-electron chi connectivity index (χ1n) is 7.23. The highest BCUT2D eigenvalue weighted by molar-refractivity contribution is 6.30. The van der Waals surface area contributed by atoms with Gasteiger partial charge in [-0.3, -0.25) is 4.79 Å². The molecule has 0 aliphatic carbocycles. The zero-order valence-corrected chi connectivity index (χ0v) is 14.1. The van der Waals surface area contributed by atoms with Gasteiger partial charge in [-0.1, -0.05) is 29.3 Å². The van der Waals surface area contributed by atoms with Gasteiger partial charge >= 0.3 is 5.97 Å². The number of carbonyl (C=O) groups excluding carboxylic acids is 2. The van der Waals surface area contributed by atoms with Crippen molar-refractivity contribution in [3.05, 3.63) is 76.5 Å². The predicted molar refractivity (Wildman–Crippen MR) is 93.6 cm³/mol. The first-order valence-corrected chi connectivity index (χ1v) is 7.60. The summed E-state index contributed by atoms with van der Waals surface area (Å²) in [5.74, 6) is -1.17. The number of anilines is 1. The maximum atomic E-state index is 11.8. The summed E-state index contributed by atoms with van der Waals surface area (Å²) in [4.78, 5) is 28.3. The Hall–Kier alpha value is -2.79. The first-order chi connectivity index (χ1) is 11.4. The lowest BCUT2D eigenvalue weighted by atomic mass is 10.1. The molecule has 0 unspecified atom stereocenters. The number of nitrogens with one attached hydrogen (secondary N) is 2. The van der Waals surface area contributed by atoms with Crippen LogP contribution in [0.1, 0.15) is 22.8 Å². The molecule has 2 rings (SSSR count). The van der Waals surface area contributed by atoms with Gasteiger partial charge in [-0.05, 0) is 50.2 Å². The fraction of sp³-hybridized carbons (Fsp3) is 0.111. The van der Waals surface area contributed by atoms with Crippen LogP contribution in [0.5, 0.6) is 0 Å². The zero-order valence-electron chi connectivity index (χ0n) is 13.3. The lowest BCUT2D eigenvalue weighted by molar-refractivity contribution is -0.142. The van der Waals surface area contributed by atoms with Crippen LogP contribution in [0.3, 0.4) is 0 Å². The molecule has 0 bridgehead atoms. The maximum absolute atomic E-state index is 11.8. The molecular formula is C18H17ClN2O3. The summed E-state index contributed by atoms with van der Waals surface area (Å²) in [7, 11) is 0. The SMILES string of the molecule is C/C(=C/C(=O)ONC(=O)c1ccc(C)cc1)Nc1ccc(Cl)cc1. The van der Waals surface area contributed by atoms with Crippen molar-refractivity contribution in [3.63, 3.8) is 0 Å². The third-order valence-electron chi connectivity index (χ3n) is 3.08. The average Bonchev–Trinajstić information content (AvgIpc) is 2.55. The molecule has 2 aromatic carbocycles. The lowest BCUT2D eigenvalue weighted by Gasteiger charge is -2.07. The van der Waals surface area contributed by atoms with Crippen molar-refractivity contribution in [2.24, 2.45) is 0 Å². The minimum absolute atomic E-state index is 0.411. The number of aryl methyl sites for hydroxylation is 1. The summed E-state index contributed by atoms with van der Waals surface area (Å²) in [6, 6.07) is 13.9. The van der Waals surface area contributed by atoms with Crippen molar-refractivity contribution in [1.82, 2.24) is 5.48 Å². The number of hydroxylamine groups is 1. The summed E-state index contributed by atoms with van der Waals surface area (Å²) >= 11 is 5.81. The second kappa shape index (κ2) is 8.17. The molecule has 0 aliphatic rings. The second-order valence-electron chi connectivity index (χ2n) is 5.18. The van der Waals surface area contributed by atoms with Gasteiger partial charge in [0.15, 0.2) is 0 Å². The highest BCUT2D eigenvalue weighted by Crippen LogP contribution is 2.14. The van der Waals surface area contributed by atoms with Crippen molar-refractivity contribution in [2.45, 2.75) is 13.8 Å². The number of halogens is 1. The van der Waals surface area contributed by atoms with E-state index < -0.39 is 11.9 Å². The third kappa shape index (κ3) is 5.44. The van der Waals surface area contributed by atoms with Gasteiger partial charge in [0.25, 0.3) is 5.91 Å². The molecule has 124 valence electrons. The summed E-state index contributed by atoms with van der Waals surface area (Å²) in [6.07, 6.45) is 1.24. The minimum Gasteiger partial charge on any atom is -0.359 e. The monoisotopic (exact) mass is 344 g/mol. The van der Waals surface area contributed by atoms with Gasteiger partial charge in [0.1, 0.15) is 0 Å². The highest BCUT2D eigenvalue weighted by Gasteiger charge is 2.07. The largest absolute Gasteiger partial charge is 0.359 e. The smallest absolute Gasteiger partial charge is 0.357 e. The Morgan fingerprint density at radius 1 is 1.04 bits per heavy atom. The summed E-state index contributed by atoms with van der Waals surface area (Å²) in [6.45, 7) is 3.63. The molecular weight excluding hydrogens is 328 g/mol. The van der Waals surface area contributed by atoms with Gasteiger partial charge in [0, 0.05) is 28.0 Å². The number of rotatable bonds is 4. The van der Waals surface area contributed by atoms with Crippen molar-refractivity contribution < 1.29 is 14.4 Å². The van der Waals surface area contributed by atoms with E-state index in [9.17, 15) is 9.59 Å². The molecule has 0 heterocycles. The molecule has 0 saturated heterocycles. The van der Waals surface area contributed by atoms with Crippen molar-refractivity contribution in [1.29, 1.82) is 0 Å². The zero-order chi connectivity index (χ0) is 17.5. The van der Waals surface area contributed by atoms with E-state index >= 15 is 0 Å². The number of hydrogen-bond donors (Lipinski definition) is 2. The molecule has 0 radical (unpaired) electrons. The Kier molecular flexibility index (Phi) is 5.98. The van der Waals surface area contributed by atoms with Gasteiger partial charge in [0.2, 0.25) is 0 Å². The molecule has 24 heavy (non-hydrogen) atoms. The van der Waals surface area contributed by atoms with Crippen LogP contribution in [-0.2, 0) is 9.63 Å². The van der Waals surface area contributed by atoms with Gasteiger partial charge < -0.3 is 10.2 Å². The van der Waals surface area contributed by atoms with E-state index in [1.165, 1.54) is 6.08 Å². The van der Waals surface area contributed by atoms with E-state index in [-0.39, 0.29) is 0 Å². The Balaban J connectivity index is 1.86. The number of amides is 1. The molecule has 2 N–H and O–H groups in total. The van der Waals surface area contributed by atoms with Crippen molar-refractivity contribution in [3.8, 4) is 0 Å². The maximum Gasteiger partial charge on any atom is 0.357 e. The molecule has 0 saturated carbocycles. The van der Waals surface area contributed by atoms with Crippen LogP contribution in [0.2, 0.25) is 5.02 Å². The lowest BCUT2D eigenvalue weighted by Crippen LogP contribution is -2.26. The van der Waals surface area contributed by atoms with Crippen LogP contribution >= 0.6 is 11.6 Å². The highest BCUT2D eigenvalue weighted by atomic mass is 35.5. The topological polar surface area (TPSA) is 67.4 Å². The van der Waals surface area contributed by atoms with Gasteiger partial charge in [-0.2, -0.15) is 5.48 Å². The minimum atomic E-state index is -0.686. The Morgan fingerprint density at radius 3 is 2.29 bits per heavy atom. The Labute approximate surface area is 145 Å². The van der Waals surface area contributed by atoms with Crippen LogP contribution in [0, 0.1) is 6.92 Å². The molecule has 1 amide bonds. The molecule has 0 fully saturated rings. The van der Waals surface area contributed by atoms with E-state index in [2.05, 4.69) is 10.8 Å². The average molecular weight is 345 g/mol. The number of hydrogen-bond acceptors (Lipinski definition) is 4. The van der Waals surface area contributed by atoms with E-state index in [4.69, 9.17) is 16.4 Å². The second-order valence-corrected chi connectivity index (χ2v) is 5.61. The van der Waals surface area contributed by atoms with Crippen LogP contribution in [0.4, 0.5) is 5.69 Å². The normalized spacial score (nSPS) is 10.9. The molecule has 0 aromatic heterocycles. The molecule has 5 nitrogen and oxygen atoms in total. The van der Waals surface area contributed by atoms with Crippen LogP contribution in [-0.4, -0.2) is 11.9 Å². The standard InChI is InChI=1S/C18H17ClN2O3/c1-12-3-5-14(6-4-12)18(23)21-24-17(22)11-13(2)20-16-9-7-15(19)8-10-16/h3-11,20H,1-2H3,(H,21,23)/b13-11-. The Bertz CT molecular complexity index is 753. The van der Waals surface area contributed by atoms with E-state index in [0.717, 1.165) is 11.3 Å². The number of carbonyl (C=O) groups is 2. The summed E-state index contributed by atoms with van der Waals surface area (Å²) < 4.78 is 0. The van der Waals surface area contributed by atoms with Crippen LogP contribution in [0.15, 0.2) is 60.3 Å². The van der Waals surface area contributed by atoms with Crippen LogP contribution in [0.25, 0.3) is 0 Å². The number of benzene rings is 2. The molecule has 0 atom stereocenters. The van der Waals surface area contributed by atoms with E-state index in [1.54, 1.807) is 55.5 Å². The molecule has 0 spiro atoms. The molecule has 6 heteroatoms. The molecule has 2 aromatic rings. The van der Waals surface area contributed by atoms with Gasteiger partial charge in [-0.25, -0.2) is 4.79 Å². The molecule has 0 aliphatic heterocycles. The first kappa shape index (κ1) is 17.6. The van der Waals surface area contributed by atoms with Crippen LogP contribution < -0.4 is 10.8 Å². The number of allylic oxidation sites excluding steroid dienone is 1. The third-order valence-corrected chi connectivity index (χ3v) is 3.33. The fourth-order valence-electron chi connectivity index (χ4n) is 1.86. The Morgan fingerprint density at radius 2 is 1.67 bits per heavy atom. The quantitative estimate of drug-likeness (QED) is 0.653. The predicted octanol–water partition coefficient (Wildman–Crippen LogP) is 3.85. The van der Waals surface area contributed by atoms with E-state index in [1.807, 2.05) is 6.92 Å².